The van der Waals surface area contributed by atoms with Crippen LogP contribution in [0.2, 0.25) is 0 Å². The molecule has 18 nitrogen and oxygen atoms in total. The van der Waals surface area contributed by atoms with E-state index in [0.717, 1.165) is 16.8 Å². The van der Waals surface area contributed by atoms with E-state index in [2.05, 4.69) is 19.9 Å². The van der Waals surface area contributed by atoms with Gasteiger partial charge < -0.3 is 35.1 Å². The first kappa shape index (κ1) is 27.5. The minimum Gasteiger partial charge on any atom is -0.394 e. The summed E-state index contributed by atoms with van der Waals surface area (Å²) >= 11 is 0. The molecule has 8 atom stereocenters. The summed E-state index contributed by atoms with van der Waals surface area (Å²) in [6.07, 6.45) is -3.77. The average Bonchev–Trinajstić information content (AvgIpc) is 3.58. The molecule has 0 amide bonds. The molecule has 2 aliphatic rings. The quantitative estimate of drug-likeness (QED) is 0.174. The highest BCUT2D eigenvalue weighted by Crippen LogP contribution is 2.49. The van der Waals surface area contributed by atoms with E-state index in [1.54, 1.807) is 4.57 Å². The van der Waals surface area contributed by atoms with Crippen LogP contribution in [0.15, 0.2) is 34.5 Å². The zero-order chi connectivity index (χ0) is 27.9. The minimum atomic E-state index is -4.85. The van der Waals surface area contributed by atoms with E-state index >= 15 is 0 Å². The van der Waals surface area contributed by atoms with Gasteiger partial charge in [-0.3, -0.25) is 28.0 Å². The summed E-state index contributed by atoms with van der Waals surface area (Å²) in [6.45, 7) is -1.19. The number of methoxy groups -OCH3 is 1. The normalized spacial score (nSPS) is 30.6. The van der Waals surface area contributed by atoms with Gasteiger partial charge in [-0.1, -0.05) is 0 Å². The highest BCUT2D eigenvalue weighted by atomic mass is 31.2. The van der Waals surface area contributed by atoms with Crippen molar-refractivity contribution in [2.75, 3.05) is 26.1 Å². The fourth-order valence-electron chi connectivity index (χ4n) is 4.55. The number of nitrogen functional groups attached to an aromatic ring is 1. The van der Waals surface area contributed by atoms with E-state index in [4.69, 9.17) is 29.0 Å². The van der Waals surface area contributed by atoms with E-state index in [9.17, 15) is 29.3 Å². The van der Waals surface area contributed by atoms with Crippen LogP contribution >= 0.6 is 7.82 Å². The average molecular weight is 571 g/mol. The number of imidazole rings is 1. The predicted molar refractivity (Wildman–Crippen MR) is 128 cm³/mol. The van der Waals surface area contributed by atoms with Crippen LogP contribution in [0.5, 0.6) is 0 Å². The fourth-order valence-corrected chi connectivity index (χ4v) is 5.51. The summed E-state index contributed by atoms with van der Waals surface area (Å²) in [5, 5.41) is 20.3. The van der Waals surface area contributed by atoms with Crippen LogP contribution in [-0.4, -0.2) is 95.0 Å². The number of nitrogens with zero attached hydrogens (tertiary/aromatic N) is 5. The Labute approximate surface area is 218 Å². The highest BCUT2D eigenvalue weighted by molar-refractivity contribution is 7.47. The van der Waals surface area contributed by atoms with E-state index in [1.165, 1.54) is 19.8 Å². The van der Waals surface area contributed by atoms with Crippen LogP contribution in [0.3, 0.4) is 0 Å². The van der Waals surface area contributed by atoms with Crippen molar-refractivity contribution in [1.82, 2.24) is 29.1 Å². The van der Waals surface area contributed by atoms with E-state index < -0.39 is 75.3 Å². The molecule has 0 bridgehead atoms. The summed E-state index contributed by atoms with van der Waals surface area (Å²) in [6, 6.07) is 1.08. The van der Waals surface area contributed by atoms with Crippen molar-refractivity contribution in [3.63, 3.8) is 0 Å². The largest absolute Gasteiger partial charge is 0.472 e. The van der Waals surface area contributed by atoms with Crippen molar-refractivity contribution < 1.29 is 42.9 Å². The van der Waals surface area contributed by atoms with Crippen LogP contribution in [-0.2, 0) is 27.8 Å². The lowest BCUT2D eigenvalue weighted by atomic mass is 10.1. The molecule has 5 rings (SSSR count). The summed E-state index contributed by atoms with van der Waals surface area (Å²) in [5.74, 6) is 0.176. The van der Waals surface area contributed by atoms with Gasteiger partial charge in [0.1, 0.15) is 42.5 Å². The number of anilines is 1. The number of aliphatic hydroxyl groups is 2. The van der Waals surface area contributed by atoms with Crippen LogP contribution < -0.4 is 17.0 Å². The molecule has 39 heavy (non-hydrogen) atoms. The van der Waals surface area contributed by atoms with Crippen molar-refractivity contribution in [1.29, 1.82) is 0 Å². The monoisotopic (exact) mass is 571 g/mol. The third-order valence-corrected chi connectivity index (χ3v) is 7.41. The van der Waals surface area contributed by atoms with Crippen molar-refractivity contribution in [3.05, 3.63) is 45.8 Å². The SMILES string of the molecule is COC1C(OP(=O)(O)OCC2OC(n3cnc4c(N)ncnc43)CC2O)C(CO)OC1n1ccc(=O)[nH]c1=O. The number of nitrogens with one attached hydrogen (secondary N) is 1. The second-order valence-electron chi connectivity index (χ2n) is 8.81. The molecule has 0 aromatic carbocycles. The molecule has 0 spiro atoms. The molecule has 2 saturated heterocycles. The molecule has 3 aromatic rings. The van der Waals surface area contributed by atoms with Gasteiger partial charge in [-0.15, -0.1) is 0 Å². The number of aromatic amines is 1. The van der Waals surface area contributed by atoms with Crippen molar-refractivity contribution >= 4 is 24.8 Å². The Bertz CT molecular complexity index is 1490. The Morgan fingerprint density at radius 1 is 1.21 bits per heavy atom. The fraction of sp³-hybridized carbons (Fsp3) is 0.550. The first-order valence-corrected chi connectivity index (χ1v) is 13.1. The molecule has 0 aliphatic carbocycles. The maximum Gasteiger partial charge on any atom is 0.472 e. The number of phosphoric acid groups is 1. The lowest BCUT2D eigenvalue weighted by molar-refractivity contribution is -0.0625. The third kappa shape index (κ3) is 5.38. The number of ether oxygens (including phenoxy) is 3. The van der Waals surface area contributed by atoms with Gasteiger partial charge in [-0.2, -0.15) is 0 Å². The van der Waals surface area contributed by atoms with Gasteiger partial charge in [-0.05, 0) is 0 Å². The van der Waals surface area contributed by atoms with Crippen LogP contribution in [0.4, 0.5) is 5.82 Å². The molecule has 212 valence electrons. The van der Waals surface area contributed by atoms with E-state index in [-0.39, 0.29) is 12.2 Å². The molecule has 2 aliphatic heterocycles. The van der Waals surface area contributed by atoms with Gasteiger partial charge in [0.05, 0.1) is 25.6 Å². The summed E-state index contributed by atoms with van der Waals surface area (Å²) in [7, 11) is -3.60. The number of phosphoric ester groups is 1. The number of hydrogen-bond donors (Lipinski definition) is 5. The molecule has 0 saturated carbocycles. The van der Waals surface area contributed by atoms with Crippen LogP contribution in [0.1, 0.15) is 18.9 Å². The Morgan fingerprint density at radius 2 is 2.00 bits per heavy atom. The predicted octanol–water partition coefficient (Wildman–Crippen LogP) is -1.99. The highest BCUT2D eigenvalue weighted by Gasteiger charge is 2.50. The topological polar surface area (TPSA) is 248 Å². The standard InChI is InChI=1S/C20H26N7O11P/c1-34-16-15(10(5-28)37-19(16)26-3-2-12(30)25-20(26)31)38-39(32,33)35-6-11-9(29)4-13(36-11)27-8-24-14-17(21)22-7-23-18(14)27/h2-3,7-11,13,15-16,19,28-29H,4-6H2,1H3,(H,32,33)(H2,21,22,23)(H,25,30,31). The maximum atomic E-state index is 12.9. The van der Waals surface area contributed by atoms with Gasteiger partial charge in [-0.25, -0.2) is 24.3 Å². The van der Waals surface area contributed by atoms with Crippen LogP contribution in [0.25, 0.3) is 11.2 Å². The molecule has 19 heteroatoms. The maximum absolute atomic E-state index is 12.9. The second kappa shape index (κ2) is 10.8. The second-order valence-corrected chi connectivity index (χ2v) is 10.2. The number of fused-ring (bicyclic) bond motifs is 1. The first-order chi connectivity index (χ1) is 18.6. The lowest BCUT2D eigenvalue weighted by Gasteiger charge is -2.25. The molecule has 5 heterocycles. The van der Waals surface area contributed by atoms with Gasteiger partial charge in [0.2, 0.25) is 0 Å². The van der Waals surface area contributed by atoms with Gasteiger partial charge in [0.25, 0.3) is 5.56 Å². The number of aliphatic hydroxyl groups excluding tert-OH is 2. The summed E-state index contributed by atoms with van der Waals surface area (Å²) < 4.78 is 42.6. The molecule has 2 fully saturated rings. The number of aromatic nitrogens is 6. The Kier molecular flexibility index (Phi) is 7.64. The van der Waals surface area contributed by atoms with Crippen molar-refractivity contribution in [2.45, 2.75) is 49.4 Å². The Balaban J connectivity index is 1.26. The molecular weight excluding hydrogens is 545 g/mol. The Morgan fingerprint density at radius 3 is 2.72 bits per heavy atom. The molecule has 0 radical (unpaired) electrons. The number of nitrogens with two attached hydrogens (primary N) is 1. The number of H-pyrrole nitrogens is 1. The molecule has 8 unspecified atom stereocenters. The Hall–Kier alpha value is -3.06. The summed E-state index contributed by atoms with van der Waals surface area (Å²) in [5.41, 5.74) is 5.09. The molecular formula is C20H26N7O11P. The van der Waals surface area contributed by atoms with Gasteiger partial charge in [0, 0.05) is 25.8 Å². The van der Waals surface area contributed by atoms with E-state index in [1.807, 2.05) is 0 Å². The minimum absolute atomic E-state index is 0.102. The third-order valence-electron chi connectivity index (χ3n) is 6.42. The smallest absolute Gasteiger partial charge is 0.394 e. The first-order valence-electron chi connectivity index (χ1n) is 11.6. The van der Waals surface area contributed by atoms with Gasteiger partial charge >= 0.3 is 13.5 Å². The van der Waals surface area contributed by atoms with Gasteiger partial charge in [0.15, 0.2) is 17.7 Å². The zero-order valence-electron chi connectivity index (χ0n) is 20.3. The number of hydrogen-bond acceptors (Lipinski definition) is 14. The van der Waals surface area contributed by atoms with Crippen LogP contribution in [0, 0.1) is 0 Å². The molecule has 3 aromatic heterocycles. The zero-order valence-corrected chi connectivity index (χ0v) is 21.2. The van der Waals surface area contributed by atoms with E-state index in [0.29, 0.717) is 11.2 Å². The molecule has 6 N–H and O–H groups in total. The summed E-state index contributed by atoms with van der Waals surface area (Å²) in [4.78, 5) is 48.3. The van der Waals surface area contributed by atoms with Crippen molar-refractivity contribution in [3.8, 4) is 0 Å². The lowest BCUT2D eigenvalue weighted by Crippen LogP contribution is -2.40. The number of rotatable bonds is 9. The van der Waals surface area contributed by atoms with Crippen molar-refractivity contribution in [2.24, 2.45) is 0 Å².